The maximum absolute atomic E-state index is 12.0. The van der Waals surface area contributed by atoms with Gasteiger partial charge in [0.05, 0.1) is 18.8 Å². The molecule has 1 aromatic rings. The molecular weight excluding hydrogens is 280 g/mol. The third-order valence-corrected chi connectivity index (χ3v) is 3.53. The lowest BCUT2D eigenvalue weighted by Gasteiger charge is -2.12. The van der Waals surface area contributed by atoms with Gasteiger partial charge in [0.25, 0.3) is 0 Å². The first-order valence-electron chi connectivity index (χ1n) is 7.80. The molecule has 0 aromatic heterocycles. The van der Waals surface area contributed by atoms with E-state index in [2.05, 4.69) is 10.6 Å². The third kappa shape index (κ3) is 5.15. The van der Waals surface area contributed by atoms with Crippen LogP contribution in [0.4, 0.5) is 0 Å². The number of amides is 1. The Balaban J connectivity index is 1.74. The van der Waals surface area contributed by atoms with E-state index in [0.717, 1.165) is 5.56 Å². The summed E-state index contributed by atoms with van der Waals surface area (Å²) in [6.07, 6.45) is 1.35. The molecule has 1 aromatic carbocycles. The molecule has 1 unspecified atom stereocenters. The van der Waals surface area contributed by atoms with E-state index in [1.54, 1.807) is 0 Å². The summed E-state index contributed by atoms with van der Waals surface area (Å²) in [5.74, 6) is 0.115. The summed E-state index contributed by atoms with van der Waals surface area (Å²) in [7, 11) is 0. The summed E-state index contributed by atoms with van der Waals surface area (Å²) in [6.45, 7) is 4.44. The van der Waals surface area contributed by atoms with Gasteiger partial charge in [0.1, 0.15) is 0 Å². The fourth-order valence-electron chi connectivity index (χ4n) is 2.38. The molecule has 1 saturated heterocycles. The van der Waals surface area contributed by atoms with Gasteiger partial charge in [-0.25, -0.2) is 0 Å². The molecule has 0 saturated carbocycles. The number of carbonyl (C=O) groups is 2. The molecule has 1 amide bonds. The molecule has 2 N–H and O–H groups in total. The van der Waals surface area contributed by atoms with Crippen molar-refractivity contribution < 1.29 is 14.3 Å². The summed E-state index contributed by atoms with van der Waals surface area (Å²) >= 11 is 0. The van der Waals surface area contributed by atoms with Crippen LogP contribution in [-0.4, -0.2) is 30.7 Å². The third-order valence-electron chi connectivity index (χ3n) is 3.53. The largest absolute Gasteiger partial charge is 0.465 e. The fourth-order valence-corrected chi connectivity index (χ4v) is 2.38. The minimum Gasteiger partial charge on any atom is -0.465 e. The van der Waals surface area contributed by atoms with Crippen LogP contribution in [-0.2, 0) is 20.7 Å². The average Bonchev–Trinajstić information content (AvgIpc) is 2.84. The Morgan fingerprint density at radius 2 is 2.00 bits per heavy atom. The van der Waals surface area contributed by atoms with Crippen molar-refractivity contribution in [3.63, 3.8) is 0 Å². The summed E-state index contributed by atoms with van der Waals surface area (Å²) in [6, 6.07) is 9.66. The van der Waals surface area contributed by atoms with Crippen LogP contribution in [0.15, 0.2) is 30.3 Å². The average molecular weight is 304 g/mol. The van der Waals surface area contributed by atoms with Gasteiger partial charge in [-0.3, -0.25) is 14.9 Å². The first-order chi connectivity index (χ1) is 10.5. The Kier molecular flexibility index (Phi) is 5.95. The van der Waals surface area contributed by atoms with Crippen LogP contribution in [0.5, 0.6) is 0 Å². The lowest BCUT2D eigenvalue weighted by molar-refractivity contribution is -0.145. The number of esters is 1. The molecule has 1 fully saturated rings. The SMILES string of the molecule is CC(C)COC(=O)CCC1NC(=O)[C@H](Cc2ccccc2)N1. The van der Waals surface area contributed by atoms with Crippen molar-refractivity contribution >= 4 is 11.9 Å². The molecule has 5 heteroatoms. The zero-order valence-electron chi connectivity index (χ0n) is 13.2. The molecule has 5 nitrogen and oxygen atoms in total. The van der Waals surface area contributed by atoms with E-state index >= 15 is 0 Å². The molecule has 0 spiro atoms. The maximum atomic E-state index is 12.0. The van der Waals surface area contributed by atoms with Gasteiger partial charge in [0.15, 0.2) is 0 Å². The highest BCUT2D eigenvalue weighted by atomic mass is 16.5. The van der Waals surface area contributed by atoms with Crippen LogP contribution in [0.1, 0.15) is 32.3 Å². The van der Waals surface area contributed by atoms with Gasteiger partial charge < -0.3 is 10.1 Å². The molecule has 22 heavy (non-hydrogen) atoms. The van der Waals surface area contributed by atoms with Crippen molar-refractivity contribution in [2.24, 2.45) is 5.92 Å². The smallest absolute Gasteiger partial charge is 0.305 e. The highest BCUT2D eigenvalue weighted by Crippen LogP contribution is 2.10. The lowest BCUT2D eigenvalue weighted by Crippen LogP contribution is -2.35. The van der Waals surface area contributed by atoms with E-state index in [1.165, 1.54) is 0 Å². The molecule has 120 valence electrons. The van der Waals surface area contributed by atoms with Crippen LogP contribution in [0.2, 0.25) is 0 Å². The Labute approximate surface area is 131 Å². The maximum Gasteiger partial charge on any atom is 0.305 e. The zero-order valence-corrected chi connectivity index (χ0v) is 13.2. The van der Waals surface area contributed by atoms with Gasteiger partial charge in [0.2, 0.25) is 5.91 Å². The summed E-state index contributed by atoms with van der Waals surface area (Å²) < 4.78 is 5.13. The first kappa shape index (κ1) is 16.5. The molecule has 1 heterocycles. The van der Waals surface area contributed by atoms with Crippen molar-refractivity contribution in [2.45, 2.75) is 45.3 Å². The van der Waals surface area contributed by atoms with E-state index in [4.69, 9.17) is 4.74 Å². The summed E-state index contributed by atoms with van der Waals surface area (Å²) in [5.41, 5.74) is 1.12. The highest BCUT2D eigenvalue weighted by molar-refractivity contribution is 5.84. The van der Waals surface area contributed by atoms with Crippen molar-refractivity contribution in [1.29, 1.82) is 0 Å². The van der Waals surface area contributed by atoms with Gasteiger partial charge in [-0.2, -0.15) is 0 Å². The van der Waals surface area contributed by atoms with E-state index in [1.807, 2.05) is 44.2 Å². The van der Waals surface area contributed by atoms with Gasteiger partial charge in [-0.1, -0.05) is 44.2 Å². The number of hydrogen-bond donors (Lipinski definition) is 2. The van der Waals surface area contributed by atoms with Gasteiger partial charge in [0, 0.05) is 6.42 Å². The predicted octanol–water partition coefficient (Wildman–Crippen LogP) is 1.62. The highest BCUT2D eigenvalue weighted by Gasteiger charge is 2.31. The number of ether oxygens (including phenoxy) is 1. The van der Waals surface area contributed by atoms with Crippen LogP contribution in [0, 0.1) is 5.92 Å². The topological polar surface area (TPSA) is 67.4 Å². The zero-order chi connectivity index (χ0) is 15.9. The van der Waals surface area contributed by atoms with E-state index < -0.39 is 0 Å². The second-order valence-corrected chi connectivity index (χ2v) is 6.09. The minimum absolute atomic E-state index is 0.00981. The lowest BCUT2D eigenvalue weighted by atomic mass is 10.1. The van der Waals surface area contributed by atoms with Crippen LogP contribution in [0.3, 0.4) is 0 Å². The van der Waals surface area contributed by atoms with Crippen molar-refractivity contribution in [3.05, 3.63) is 35.9 Å². The quantitative estimate of drug-likeness (QED) is 0.751. The van der Waals surface area contributed by atoms with Crippen molar-refractivity contribution in [3.8, 4) is 0 Å². The summed E-state index contributed by atoms with van der Waals surface area (Å²) in [4.78, 5) is 23.6. The normalized spacial score (nSPS) is 21.0. The monoisotopic (exact) mass is 304 g/mol. The molecule has 0 radical (unpaired) electrons. The van der Waals surface area contributed by atoms with Crippen molar-refractivity contribution in [2.75, 3.05) is 6.61 Å². The van der Waals surface area contributed by atoms with E-state index in [-0.39, 0.29) is 24.1 Å². The number of nitrogens with one attached hydrogen (secondary N) is 2. The predicted molar refractivity (Wildman–Crippen MR) is 84.0 cm³/mol. The Hall–Kier alpha value is -1.88. The molecule has 2 atom stereocenters. The molecule has 2 rings (SSSR count). The van der Waals surface area contributed by atoms with Crippen LogP contribution < -0.4 is 10.6 Å². The first-order valence-corrected chi connectivity index (χ1v) is 7.80. The number of carbonyl (C=O) groups excluding carboxylic acids is 2. The van der Waals surface area contributed by atoms with Gasteiger partial charge >= 0.3 is 5.97 Å². The molecule has 0 bridgehead atoms. The molecule has 0 aliphatic carbocycles. The number of benzene rings is 1. The van der Waals surface area contributed by atoms with Gasteiger partial charge in [-0.05, 0) is 24.3 Å². The Bertz CT molecular complexity index is 502. The van der Waals surface area contributed by atoms with Crippen LogP contribution >= 0.6 is 0 Å². The molecule has 1 aliphatic heterocycles. The summed E-state index contributed by atoms with van der Waals surface area (Å²) in [5, 5.41) is 6.13. The number of hydrogen-bond acceptors (Lipinski definition) is 4. The fraction of sp³-hybridized carbons (Fsp3) is 0.529. The van der Waals surface area contributed by atoms with Crippen molar-refractivity contribution in [1.82, 2.24) is 10.6 Å². The van der Waals surface area contributed by atoms with E-state index in [0.29, 0.717) is 31.8 Å². The van der Waals surface area contributed by atoms with Gasteiger partial charge in [-0.15, -0.1) is 0 Å². The van der Waals surface area contributed by atoms with Crippen LogP contribution in [0.25, 0.3) is 0 Å². The Morgan fingerprint density at radius 3 is 2.68 bits per heavy atom. The molecular formula is C17H24N2O3. The Morgan fingerprint density at radius 1 is 1.27 bits per heavy atom. The second-order valence-electron chi connectivity index (χ2n) is 6.09. The number of rotatable bonds is 7. The second kappa shape index (κ2) is 7.94. The van der Waals surface area contributed by atoms with E-state index in [9.17, 15) is 9.59 Å². The molecule has 1 aliphatic rings. The standard InChI is InChI=1S/C17H24N2O3/c1-12(2)11-22-16(20)9-8-15-18-14(17(21)19-15)10-13-6-4-3-5-7-13/h3-7,12,14-15,18H,8-11H2,1-2H3,(H,19,21)/t14-,15?/m0/s1. The minimum atomic E-state index is -0.237.